The third-order valence-corrected chi connectivity index (χ3v) is 4.04. The van der Waals surface area contributed by atoms with Crippen LogP contribution < -0.4 is 5.32 Å². The van der Waals surface area contributed by atoms with Crippen molar-refractivity contribution in [3.8, 4) is 0 Å². The summed E-state index contributed by atoms with van der Waals surface area (Å²) in [5.74, 6) is -0.264. The van der Waals surface area contributed by atoms with Crippen molar-refractivity contribution in [2.24, 2.45) is 0 Å². The Bertz CT molecular complexity index is 741. The number of rotatable bonds is 7. The Morgan fingerprint density at radius 1 is 1.08 bits per heavy atom. The molecule has 5 nitrogen and oxygen atoms in total. The highest BCUT2D eigenvalue weighted by atomic mass is 16.3. The lowest BCUT2D eigenvalue weighted by Crippen LogP contribution is -2.42. The van der Waals surface area contributed by atoms with Crippen LogP contribution in [0.25, 0.3) is 10.8 Å². The molecule has 2 aromatic rings. The average Bonchev–Trinajstić information content (AvgIpc) is 2.58. The van der Waals surface area contributed by atoms with Gasteiger partial charge in [-0.1, -0.05) is 30.3 Å². The van der Waals surface area contributed by atoms with Gasteiger partial charge in [0.2, 0.25) is 5.91 Å². The molecule has 0 aliphatic rings. The Morgan fingerprint density at radius 2 is 1.76 bits per heavy atom. The van der Waals surface area contributed by atoms with Crippen LogP contribution in [0.15, 0.2) is 42.5 Å². The molecule has 2 aromatic carbocycles. The maximum atomic E-state index is 12.3. The van der Waals surface area contributed by atoms with Crippen LogP contribution in [0.3, 0.4) is 0 Å². The van der Waals surface area contributed by atoms with Crippen LogP contribution in [0.4, 0.5) is 0 Å². The van der Waals surface area contributed by atoms with Gasteiger partial charge in [0.1, 0.15) is 0 Å². The van der Waals surface area contributed by atoms with Gasteiger partial charge in [-0.2, -0.15) is 0 Å². The fourth-order valence-electron chi connectivity index (χ4n) is 2.74. The van der Waals surface area contributed by atoms with Gasteiger partial charge in [0.05, 0.1) is 6.10 Å². The second kappa shape index (κ2) is 8.62. The van der Waals surface area contributed by atoms with E-state index in [2.05, 4.69) is 5.32 Å². The van der Waals surface area contributed by atoms with Crippen molar-refractivity contribution in [1.82, 2.24) is 10.2 Å². The topological polar surface area (TPSA) is 69.6 Å². The minimum Gasteiger partial charge on any atom is -0.392 e. The lowest BCUT2D eigenvalue weighted by molar-refractivity contribution is -0.134. The van der Waals surface area contributed by atoms with Gasteiger partial charge in [-0.15, -0.1) is 0 Å². The van der Waals surface area contributed by atoms with Crippen molar-refractivity contribution in [2.45, 2.75) is 39.3 Å². The fraction of sp³-hybridized carbons (Fsp3) is 0.400. The molecule has 0 bridgehead atoms. The molecule has 25 heavy (non-hydrogen) atoms. The van der Waals surface area contributed by atoms with Gasteiger partial charge in [0.15, 0.2) is 0 Å². The second-order valence-electron chi connectivity index (χ2n) is 6.56. The number of nitrogens with one attached hydrogen (secondary N) is 1. The molecule has 1 unspecified atom stereocenters. The average molecular weight is 342 g/mol. The first-order valence-electron chi connectivity index (χ1n) is 8.63. The van der Waals surface area contributed by atoms with E-state index in [1.54, 1.807) is 17.9 Å². The molecule has 0 spiro atoms. The van der Waals surface area contributed by atoms with Crippen molar-refractivity contribution in [3.05, 3.63) is 48.0 Å². The maximum absolute atomic E-state index is 12.3. The quantitative estimate of drug-likeness (QED) is 0.812. The molecular formula is C20H26N2O3. The van der Waals surface area contributed by atoms with Gasteiger partial charge < -0.3 is 15.3 Å². The fourth-order valence-corrected chi connectivity index (χ4v) is 2.74. The third kappa shape index (κ3) is 5.29. The summed E-state index contributed by atoms with van der Waals surface area (Å²) in [5, 5.41) is 14.4. The highest BCUT2D eigenvalue weighted by Crippen LogP contribution is 2.15. The standard InChI is InChI=1S/C20H26N2O3/c1-14(2)22(13-15(3)23)19(24)10-11-21-20(25)18-9-8-16-6-4-5-7-17(16)12-18/h4-9,12,14-15,23H,10-11,13H2,1-3H3,(H,21,25). The second-order valence-corrected chi connectivity index (χ2v) is 6.56. The number of carbonyl (C=O) groups excluding carboxylic acids is 2. The number of aliphatic hydroxyl groups excluding tert-OH is 1. The van der Waals surface area contributed by atoms with Gasteiger partial charge in [0.25, 0.3) is 5.91 Å². The summed E-state index contributed by atoms with van der Waals surface area (Å²) in [6.07, 6.45) is -0.358. The Labute approximate surface area is 148 Å². The molecule has 0 saturated heterocycles. The predicted octanol–water partition coefficient (Wildman–Crippen LogP) is 2.58. The summed E-state index contributed by atoms with van der Waals surface area (Å²) in [5.41, 5.74) is 0.579. The number of hydrogen-bond donors (Lipinski definition) is 2. The normalized spacial score (nSPS) is 12.2. The van der Waals surface area contributed by atoms with Gasteiger partial charge in [-0.3, -0.25) is 9.59 Å². The van der Waals surface area contributed by atoms with E-state index in [-0.39, 0.29) is 30.8 Å². The molecule has 134 valence electrons. The number of carbonyl (C=O) groups is 2. The van der Waals surface area contributed by atoms with E-state index < -0.39 is 6.10 Å². The first-order chi connectivity index (χ1) is 11.9. The summed E-state index contributed by atoms with van der Waals surface area (Å²) in [7, 11) is 0. The van der Waals surface area contributed by atoms with Gasteiger partial charge in [0, 0.05) is 31.1 Å². The Balaban J connectivity index is 1.91. The molecule has 0 saturated carbocycles. The Kier molecular flexibility index (Phi) is 6.53. The largest absolute Gasteiger partial charge is 0.392 e. The van der Waals surface area contributed by atoms with E-state index in [0.29, 0.717) is 12.1 Å². The minimum atomic E-state index is -0.571. The molecule has 0 aliphatic carbocycles. The predicted molar refractivity (Wildman–Crippen MR) is 99.4 cm³/mol. The molecule has 5 heteroatoms. The molecule has 2 rings (SSSR count). The molecule has 0 radical (unpaired) electrons. The van der Waals surface area contributed by atoms with Gasteiger partial charge >= 0.3 is 0 Å². The van der Waals surface area contributed by atoms with E-state index in [4.69, 9.17) is 0 Å². The summed E-state index contributed by atoms with van der Waals surface area (Å²) < 4.78 is 0. The van der Waals surface area contributed by atoms with Crippen LogP contribution in [-0.4, -0.2) is 47.1 Å². The van der Waals surface area contributed by atoms with Crippen molar-refractivity contribution in [3.63, 3.8) is 0 Å². The van der Waals surface area contributed by atoms with Crippen LogP contribution >= 0.6 is 0 Å². The van der Waals surface area contributed by atoms with Crippen molar-refractivity contribution < 1.29 is 14.7 Å². The summed E-state index contributed by atoms with van der Waals surface area (Å²) in [6, 6.07) is 13.4. The number of aliphatic hydroxyl groups is 1. The lowest BCUT2D eigenvalue weighted by Gasteiger charge is -2.28. The smallest absolute Gasteiger partial charge is 0.251 e. The van der Waals surface area contributed by atoms with Crippen molar-refractivity contribution in [2.75, 3.05) is 13.1 Å². The maximum Gasteiger partial charge on any atom is 0.251 e. The Morgan fingerprint density at radius 3 is 2.40 bits per heavy atom. The van der Waals surface area contributed by atoms with E-state index in [0.717, 1.165) is 10.8 Å². The van der Waals surface area contributed by atoms with E-state index in [9.17, 15) is 14.7 Å². The SMILES string of the molecule is CC(O)CN(C(=O)CCNC(=O)c1ccc2ccccc2c1)C(C)C. The van der Waals surface area contributed by atoms with Crippen molar-refractivity contribution in [1.29, 1.82) is 0 Å². The zero-order valence-corrected chi connectivity index (χ0v) is 15.0. The van der Waals surface area contributed by atoms with Crippen LogP contribution in [0.5, 0.6) is 0 Å². The number of hydrogen-bond acceptors (Lipinski definition) is 3. The van der Waals surface area contributed by atoms with Gasteiger partial charge in [-0.05, 0) is 43.7 Å². The molecule has 1 atom stereocenters. The molecule has 2 amide bonds. The number of fused-ring (bicyclic) bond motifs is 1. The van der Waals surface area contributed by atoms with E-state index in [1.807, 2.05) is 50.2 Å². The third-order valence-electron chi connectivity index (χ3n) is 4.04. The monoisotopic (exact) mass is 342 g/mol. The zero-order chi connectivity index (χ0) is 18.4. The number of nitrogens with zero attached hydrogens (tertiary/aromatic N) is 1. The van der Waals surface area contributed by atoms with E-state index >= 15 is 0 Å². The first-order valence-corrected chi connectivity index (χ1v) is 8.63. The van der Waals surface area contributed by atoms with Crippen LogP contribution in [-0.2, 0) is 4.79 Å². The zero-order valence-electron chi connectivity index (χ0n) is 15.0. The minimum absolute atomic E-state index is 0.0123. The molecule has 0 fully saturated rings. The number of benzene rings is 2. The summed E-state index contributed by atoms with van der Waals surface area (Å²) in [4.78, 5) is 26.2. The van der Waals surface area contributed by atoms with Crippen LogP contribution in [0, 0.1) is 0 Å². The summed E-state index contributed by atoms with van der Waals surface area (Å²) >= 11 is 0. The van der Waals surface area contributed by atoms with Crippen molar-refractivity contribution >= 4 is 22.6 Å². The molecular weight excluding hydrogens is 316 g/mol. The summed E-state index contributed by atoms with van der Waals surface area (Å²) in [6.45, 7) is 6.05. The Hall–Kier alpha value is -2.40. The van der Waals surface area contributed by atoms with Crippen LogP contribution in [0.1, 0.15) is 37.6 Å². The highest BCUT2D eigenvalue weighted by Gasteiger charge is 2.18. The molecule has 2 N–H and O–H groups in total. The lowest BCUT2D eigenvalue weighted by atomic mass is 10.1. The number of amides is 2. The van der Waals surface area contributed by atoms with Gasteiger partial charge in [-0.25, -0.2) is 0 Å². The van der Waals surface area contributed by atoms with Crippen LogP contribution in [0.2, 0.25) is 0 Å². The first kappa shape index (κ1) is 18.9. The highest BCUT2D eigenvalue weighted by molar-refractivity contribution is 5.98. The van der Waals surface area contributed by atoms with E-state index in [1.165, 1.54) is 0 Å². The molecule has 0 aliphatic heterocycles. The molecule has 0 aromatic heterocycles. The molecule has 0 heterocycles.